The van der Waals surface area contributed by atoms with Crippen LogP contribution in [0.15, 0.2) is 18.2 Å². The summed E-state index contributed by atoms with van der Waals surface area (Å²) in [5, 5.41) is 8.86. The summed E-state index contributed by atoms with van der Waals surface area (Å²) < 4.78 is 5.52. The van der Waals surface area contributed by atoms with Gasteiger partial charge in [0.15, 0.2) is 0 Å². The smallest absolute Gasteiger partial charge is 0.336 e. The summed E-state index contributed by atoms with van der Waals surface area (Å²) >= 11 is 5.55. The fourth-order valence-electron chi connectivity index (χ4n) is 1.61. The van der Waals surface area contributed by atoms with E-state index in [9.17, 15) is 4.79 Å². The van der Waals surface area contributed by atoms with Gasteiger partial charge in [-0.25, -0.2) is 4.79 Å². The van der Waals surface area contributed by atoms with Gasteiger partial charge in [-0.15, -0.1) is 11.6 Å². The Labute approximate surface area is 98.3 Å². The Kier molecular flexibility index (Phi) is 3.15. The van der Waals surface area contributed by atoms with Crippen molar-refractivity contribution in [3.05, 3.63) is 29.3 Å². The van der Waals surface area contributed by atoms with E-state index in [-0.39, 0.29) is 0 Å². The molecule has 0 saturated carbocycles. The number of hydrogen-bond acceptors (Lipinski definition) is 2. The molecule has 0 amide bonds. The van der Waals surface area contributed by atoms with E-state index < -0.39 is 5.97 Å². The number of alkyl halides is 1. The standard InChI is InChI=1S/C12H11ClO3/c13-5-2-6-16-11-4-1-3-8-9(11)7-10(8)12(14)15/h1,3-4,7H,2,5-6H2,(H,14,15). The second-order valence-corrected chi connectivity index (χ2v) is 3.85. The first-order valence-corrected chi connectivity index (χ1v) is 5.54. The number of aliphatic carboxylic acids is 1. The number of halogens is 1. The lowest BCUT2D eigenvalue weighted by atomic mass is 9.88. The van der Waals surface area contributed by atoms with Gasteiger partial charge in [-0.3, -0.25) is 0 Å². The Hall–Kier alpha value is -1.48. The maximum atomic E-state index is 10.8. The first-order valence-electron chi connectivity index (χ1n) is 5.01. The molecule has 1 aliphatic carbocycles. The monoisotopic (exact) mass is 238 g/mol. The minimum atomic E-state index is -0.898. The molecule has 0 aromatic heterocycles. The van der Waals surface area contributed by atoms with Crippen LogP contribution in [0.2, 0.25) is 0 Å². The van der Waals surface area contributed by atoms with Crippen molar-refractivity contribution in [2.24, 2.45) is 0 Å². The van der Waals surface area contributed by atoms with Gasteiger partial charge < -0.3 is 9.84 Å². The van der Waals surface area contributed by atoms with Crippen LogP contribution in [0.3, 0.4) is 0 Å². The number of carboxylic acids is 1. The van der Waals surface area contributed by atoms with Crippen molar-refractivity contribution in [3.8, 4) is 5.75 Å². The van der Waals surface area contributed by atoms with Crippen molar-refractivity contribution >= 4 is 29.2 Å². The Morgan fingerprint density at radius 1 is 1.44 bits per heavy atom. The summed E-state index contributed by atoms with van der Waals surface area (Å²) in [5.41, 5.74) is 1.96. The number of ether oxygens (including phenoxy) is 1. The second kappa shape index (κ2) is 4.58. The zero-order chi connectivity index (χ0) is 11.5. The molecule has 1 N–H and O–H groups in total. The summed E-state index contributed by atoms with van der Waals surface area (Å²) in [6, 6.07) is 5.42. The number of rotatable bonds is 5. The van der Waals surface area contributed by atoms with Crippen molar-refractivity contribution < 1.29 is 14.6 Å². The molecule has 3 nitrogen and oxygen atoms in total. The third kappa shape index (κ3) is 1.91. The maximum absolute atomic E-state index is 10.8. The van der Waals surface area contributed by atoms with E-state index in [1.54, 1.807) is 18.2 Å². The predicted molar refractivity (Wildman–Crippen MR) is 62.8 cm³/mol. The number of carboxylic acid groups (broad SMARTS) is 1. The Balaban J connectivity index is 2.13. The molecule has 0 atom stereocenters. The minimum absolute atomic E-state index is 0.345. The van der Waals surface area contributed by atoms with Crippen LogP contribution in [0.1, 0.15) is 17.5 Å². The predicted octanol–water partition coefficient (Wildman–Crippen LogP) is 2.63. The van der Waals surface area contributed by atoms with Gasteiger partial charge in [-0.1, -0.05) is 12.1 Å². The molecule has 0 unspecified atom stereocenters. The van der Waals surface area contributed by atoms with Crippen LogP contribution < -0.4 is 4.74 Å². The average Bonchev–Trinajstić information content (AvgIpc) is 2.20. The van der Waals surface area contributed by atoms with Crippen LogP contribution in [0.5, 0.6) is 5.75 Å². The third-order valence-electron chi connectivity index (χ3n) is 2.41. The van der Waals surface area contributed by atoms with E-state index in [2.05, 4.69) is 0 Å². The fourth-order valence-corrected chi connectivity index (χ4v) is 1.72. The molecular formula is C12H11ClO3. The largest absolute Gasteiger partial charge is 0.493 e. The molecule has 1 aliphatic rings. The maximum Gasteiger partial charge on any atom is 0.336 e. The van der Waals surface area contributed by atoms with Gasteiger partial charge in [-0.05, 0) is 24.1 Å². The highest BCUT2D eigenvalue weighted by atomic mass is 35.5. The number of hydrogen-bond donors (Lipinski definition) is 1. The highest BCUT2D eigenvalue weighted by Gasteiger charge is 2.24. The fraction of sp³-hybridized carbons (Fsp3) is 0.250. The summed E-state index contributed by atoms with van der Waals surface area (Å²) in [6.07, 6.45) is 2.41. The van der Waals surface area contributed by atoms with Crippen molar-refractivity contribution in [2.75, 3.05) is 12.5 Å². The molecule has 2 rings (SSSR count). The number of fused-ring (bicyclic) bond motifs is 1. The van der Waals surface area contributed by atoms with Crippen LogP contribution in [0.4, 0.5) is 0 Å². The molecule has 0 saturated heterocycles. The van der Waals surface area contributed by atoms with E-state index in [4.69, 9.17) is 21.4 Å². The molecule has 0 spiro atoms. The van der Waals surface area contributed by atoms with Gasteiger partial charge in [0.25, 0.3) is 0 Å². The van der Waals surface area contributed by atoms with Crippen molar-refractivity contribution in [1.29, 1.82) is 0 Å². The van der Waals surface area contributed by atoms with Crippen LogP contribution in [0, 0.1) is 0 Å². The van der Waals surface area contributed by atoms with Gasteiger partial charge in [0, 0.05) is 11.4 Å². The summed E-state index contributed by atoms with van der Waals surface area (Å²) in [5.74, 6) is 0.392. The summed E-state index contributed by atoms with van der Waals surface area (Å²) in [7, 11) is 0. The van der Waals surface area contributed by atoms with Crippen LogP contribution in [0.25, 0.3) is 11.6 Å². The summed E-state index contributed by atoms with van der Waals surface area (Å²) in [4.78, 5) is 10.8. The second-order valence-electron chi connectivity index (χ2n) is 3.47. The normalized spacial score (nSPS) is 12.4. The minimum Gasteiger partial charge on any atom is -0.493 e. The van der Waals surface area contributed by atoms with Gasteiger partial charge in [0.2, 0.25) is 0 Å². The lowest BCUT2D eigenvalue weighted by Crippen LogP contribution is -2.10. The first-order chi connectivity index (χ1) is 7.74. The molecule has 0 fully saturated rings. The molecule has 1 aromatic carbocycles. The molecular weight excluding hydrogens is 228 g/mol. The zero-order valence-corrected chi connectivity index (χ0v) is 9.33. The molecule has 0 bridgehead atoms. The van der Waals surface area contributed by atoms with E-state index in [1.807, 2.05) is 6.07 Å². The van der Waals surface area contributed by atoms with Crippen LogP contribution in [-0.4, -0.2) is 23.6 Å². The topological polar surface area (TPSA) is 46.5 Å². The van der Waals surface area contributed by atoms with Crippen LogP contribution >= 0.6 is 11.6 Å². The Bertz CT molecular complexity index is 452. The first kappa shape index (κ1) is 11.0. The van der Waals surface area contributed by atoms with E-state index >= 15 is 0 Å². The Morgan fingerprint density at radius 2 is 2.25 bits per heavy atom. The van der Waals surface area contributed by atoms with E-state index in [0.29, 0.717) is 18.1 Å². The van der Waals surface area contributed by atoms with Gasteiger partial charge in [-0.2, -0.15) is 0 Å². The lowest BCUT2D eigenvalue weighted by molar-refractivity contribution is -0.130. The molecule has 0 heterocycles. The molecule has 4 heteroatoms. The van der Waals surface area contributed by atoms with Gasteiger partial charge in [0.05, 0.1) is 12.2 Å². The van der Waals surface area contributed by atoms with Crippen molar-refractivity contribution in [3.63, 3.8) is 0 Å². The molecule has 0 aliphatic heterocycles. The highest BCUT2D eigenvalue weighted by molar-refractivity contribution is 6.27. The quantitative estimate of drug-likeness (QED) is 0.634. The Morgan fingerprint density at radius 3 is 2.94 bits per heavy atom. The SMILES string of the molecule is O=C(O)C1=Cc2c(OCCCCl)cccc21. The lowest BCUT2D eigenvalue weighted by Gasteiger charge is -2.20. The molecule has 16 heavy (non-hydrogen) atoms. The average molecular weight is 239 g/mol. The molecule has 1 aromatic rings. The highest BCUT2D eigenvalue weighted by Crippen LogP contribution is 2.38. The van der Waals surface area contributed by atoms with Crippen molar-refractivity contribution in [1.82, 2.24) is 0 Å². The van der Waals surface area contributed by atoms with Crippen LogP contribution in [-0.2, 0) is 4.79 Å². The molecule has 0 radical (unpaired) electrons. The zero-order valence-electron chi connectivity index (χ0n) is 8.57. The summed E-state index contributed by atoms with van der Waals surface area (Å²) in [6.45, 7) is 0.552. The van der Waals surface area contributed by atoms with Crippen molar-refractivity contribution in [2.45, 2.75) is 6.42 Å². The number of carbonyl (C=O) groups is 1. The van der Waals surface area contributed by atoms with E-state index in [0.717, 1.165) is 23.3 Å². The third-order valence-corrected chi connectivity index (χ3v) is 2.68. The molecule has 84 valence electrons. The number of benzene rings is 1. The van der Waals surface area contributed by atoms with Gasteiger partial charge >= 0.3 is 5.97 Å². The van der Waals surface area contributed by atoms with E-state index in [1.165, 1.54) is 0 Å². The van der Waals surface area contributed by atoms with Gasteiger partial charge in [0.1, 0.15) is 5.75 Å².